The summed E-state index contributed by atoms with van der Waals surface area (Å²) in [6.07, 6.45) is 0. The Morgan fingerprint density at radius 2 is 1.84 bits per heavy atom. The molecule has 1 aromatic carbocycles. The third kappa shape index (κ3) is 2.50. The predicted molar refractivity (Wildman–Crippen MR) is 68.9 cm³/mol. The zero-order valence-electron chi connectivity index (χ0n) is 9.23. The van der Waals surface area contributed by atoms with Crippen LogP contribution in [-0.2, 0) is 0 Å². The van der Waals surface area contributed by atoms with Gasteiger partial charge < -0.3 is 4.74 Å². The van der Waals surface area contributed by atoms with Crippen molar-refractivity contribution in [2.45, 2.75) is 0 Å². The van der Waals surface area contributed by atoms with Gasteiger partial charge in [0.2, 0.25) is 11.2 Å². The fourth-order valence-electron chi connectivity index (χ4n) is 1.58. The van der Waals surface area contributed by atoms with Crippen LogP contribution in [-0.4, -0.2) is 9.97 Å². The van der Waals surface area contributed by atoms with E-state index in [4.69, 9.17) is 16.3 Å². The highest BCUT2D eigenvalue weighted by Gasteiger charge is 2.11. The van der Waals surface area contributed by atoms with Crippen molar-refractivity contribution >= 4 is 33.2 Å². The highest BCUT2D eigenvalue weighted by molar-refractivity contribution is 7.16. The summed E-state index contributed by atoms with van der Waals surface area (Å²) in [5.41, 5.74) is 0. The molecule has 0 saturated carbocycles. The van der Waals surface area contributed by atoms with Gasteiger partial charge in [0, 0.05) is 18.2 Å². The molecule has 7 heteroatoms. The second kappa shape index (κ2) is 4.71. The minimum absolute atomic E-state index is 0.0137. The van der Waals surface area contributed by atoms with Crippen LogP contribution in [0.15, 0.2) is 29.6 Å². The summed E-state index contributed by atoms with van der Waals surface area (Å²) in [5.74, 6) is -1.27. The Labute approximate surface area is 115 Å². The van der Waals surface area contributed by atoms with Gasteiger partial charge in [-0.15, -0.1) is 11.3 Å². The molecular weight excluding hydrogens is 294 g/mol. The monoisotopic (exact) mass is 298 g/mol. The second-order valence-corrected chi connectivity index (χ2v) is 4.88. The zero-order valence-corrected chi connectivity index (χ0v) is 10.8. The number of halogens is 3. The molecule has 19 heavy (non-hydrogen) atoms. The van der Waals surface area contributed by atoms with Crippen LogP contribution in [0.3, 0.4) is 0 Å². The molecule has 0 fully saturated rings. The van der Waals surface area contributed by atoms with Crippen molar-refractivity contribution in [3.05, 3.63) is 46.6 Å². The first-order chi connectivity index (χ1) is 9.11. The summed E-state index contributed by atoms with van der Waals surface area (Å²) in [7, 11) is 0. The van der Waals surface area contributed by atoms with E-state index in [-0.39, 0.29) is 16.9 Å². The van der Waals surface area contributed by atoms with Crippen molar-refractivity contribution in [1.82, 2.24) is 9.97 Å². The molecule has 0 bridgehead atoms. The number of rotatable bonds is 2. The average Bonchev–Trinajstić information content (AvgIpc) is 2.75. The van der Waals surface area contributed by atoms with E-state index in [0.29, 0.717) is 10.2 Å². The maximum Gasteiger partial charge on any atom is 0.232 e. The van der Waals surface area contributed by atoms with Gasteiger partial charge in [-0.2, -0.15) is 4.98 Å². The number of aromatic nitrogens is 2. The largest absolute Gasteiger partial charge is 0.438 e. The summed E-state index contributed by atoms with van der Waals surface area (Å²) < 4.78 is 31.6. The summed E-state index contributed by atoms with van der Waals surface area (Å²) in [6, 6.07) is 4.65. The highest BCUT2D eigenvalue weighted by Crippen LogP contribution is 2.31. The van der Waals surface area contributed by atoms with Gasteiger partial charge in [0.25, 0.3) is 0 Å². The lowest BCUT2D eigenvalue weighted by molar-refractivity contribution is 0.456. The number of fused-ring (bicyclic) bond motifs is 1. The van der Waals surface area contributed by atoms with Gasteiger partial charge in [0.15, 0.2) is 0 Å². The summed E-state index contributed by atoms with van der Waals surface area (Å²) in [4.78, 5) is 8.59. The first kappa shape index (κ1) is 12.3. The SMILES string of the molecule is Fc1cc(F)cc(Oc2nc(Cl)nc3sccc23)c1. The van der Waals surface area contributed by atoms with Crippen LogP contribution in [0.25, 0.3) is 10.2 Å². The topological polar surface area (TPSA) is 35.0 Å². The number of ether oxygens (including phenoxy) is 1. The van der Waals surface area contributed by atoms with Crippen LogP contribution in [0.5, 0.6) is 11.6 Å². The number of nitrogens with zero attached hydrogens (tertiary/aromatic N) is 2. The minimum atomic E-state index is -0.725. The number of hydrogen-bond acceptors (Lipinski definition) is 4. The van der Waals surface area contributed by atoms with Gasteiger partial charge in [0.1, 0.15) is 22.2 Å². The molecule has 3 nitrogen and oxygen atoms in total. The molecule has 2 heterocycles. The maximum atomic E-state index is 13.1. The van der Waals surface area contributed by atoms with E-state index in [9.17, 15) is 8.78 Å². The van der Waals surface area contributed by atoms with Gasteiger partial charge in [0.05, 0.1) is 5.39 Å². The van der Waals surface area contributed by atoms with E-state index < -0.39 is 11.6 Å². The fourth-order valence-corrected chi connectivity index (χ4v) is 2.55. The molecule has 0 saturated heterocycles. The Morgan fingerprint density at radius 3 is 2.58 bits per heavy atom. The average molecular weight is 299 g/mol. The normalized spacial score (nSPS) is 10.9. The number of thiophene rings is 1. The molecule has 0 radical (unpaired) electrons. The lowest BCUT2D eigenvalue weighted by atomic mass is 10.3. The van der Waals surface area contributed by atoms with Crippen LogP contribution < -0.4 is 4.74 Å². The molecule has 0 spiro atoms. The van der Waals surface area contributed by atoms with Crippen molar-refractivity contribution in [2.75, 3.05) is 0 Å². The molecule has 2 aromatic heterocycles. The molecular formula is C12H5ClF2N2OS. The lowest BCUT2D eigenvalue weighted by Gasteiger charge is -2.06. The third-order valence-corrected chi connectivity index (χ3v) is 3.29. The van der Waals surface area contributed by atoms with Crippen LogP contribution >= 0.6 is 22.9 Å². The van der Waals surface area contributed by atoms with Crippen LogP contribution in [0.4, 0.5) is 8.78 Å². The Hall–Kier alpha value is -1.79. The molecule has 0 aliphatic heterocycles. The molecule has 0 atom stereocenters. The van der Waals surface area contributed by atoms with Crippen molar-refractivity contribution < 1.29 is 13.5 Å². The molecule has 96 valence electrons. The van der Waals surface area contributed by atoms with Crippen LogP contribution in [0.2, 0.25) is 5.28 Å². The smallest absolute Gasteiger partial charge is 0.232 e. The third-order valence-electron chi connectivity index (χ3n) is 2.31. The van der Waals surface area contributed by atoms with Crippen molar-refractivity contribution in [3.63, 3.8) is 0 Å². The zero-order chi connectivity index (χ0) is 13.4. The molecule has 3 aromatic rings. The fraction of sp³-hybridized carbons (Fsp3) is 0. The number of hydrogen-bond donors (Lipinski definition) is 0. The van der Waals surface area contributed by atoms with Gasteiger partial charge in [-0.3, -0.25) is 0 Å². The highest BCUT2D eigenvalue weighted by atomic mass is 35.5. The lowest BCUT2D eigenvalue weighted by Crippen LogP contribution is -1.92. The number of benzene rings is 1. The van der Waals surface area contributed by atoms with E-state index in [2.05, 4.69) is 9.97 Å². The second-order valence-electron chi connectivity index (χ2n) is 3.64. The van der Waals surface area contributed by atoms with Crippen molar-refractivity contribution in [1.29, 1.82) is 0 Å². The molecule has 0 aliphatic carbocycles. The Balaban J connectivity index is 2.07. The maximum absolute atomic E-state index is 13.1. The minimum Gasteiger partial charge on any atom is -0.438 e. The van der Waals surface area contributed by atoms with Gasteiger partial charge in [-0.1, -0.05) is 0 Å². The van der Waals surface area contributed by atoms with E-state index in [1.54, 1.807) is 11.4 Å². The predicted octanol–water partition coefficient (Wildman–Crippen LogP) is 4.42. The van der Waals surface area contributed by atoms with Gasteiger partial charge in [-0.05, 0) is 23.0 Å². The quantitative estimate of drug-likeness (QED) is 0.657. The standard InChI is InChI=1S/C12H5ClF2N2OS/c13-12-16-10(9-1-2-19-11(9)17-12)18-8-4-6(14)3-7(15)5-8/h1-5H. The van der Waals surface area contributed by atoms with Crippen molar-refractivity contribution in [2.24, 2.45) is 0 Å². The summed E-state index contributed by atoms with van der Waals surface area (Å²) in [6.45, 7) is 0. The van der Waals surface area contributed by atoms with E-state index in [1.807, 2.05) is 0 Å². The molecule has 3 rings (SSSR count). The first-order valence-corrected chi connectivity index (χ1v) is 6.42. The summed E-state index contributed by atoms with van der Waals surface area (Å²) in [5, 5.41) is 2.45. The summed E-state index contributed by atoms with van der Waals surface area (Å²) >= 11 is 7.13. The van der Waals surface area contributed by atoms with Crippen LogP contribution in [0, 0.1) is 11.6 Å². The molecule has 0 N–H and O–H groups in total. The van der Waals surface area contributed by atoms with E-state index in [0.717, 1.165) is 18.2 Å². The Kier molecular flexibility index (Phi) is 3.04. The molecule has 0 amide bonds. The van der Waals surface area contributed by atoms with Crippen molar-refractivity contribution in [3.8, 4) is 11.6 Å². The Bertz CT molecular complexity index is 742. The first-order valence-electron chi connectivity index (χ1n) is 5.16. The van der Waals surface area contributed by atoms with Crippen LogP contribution in [0.1, 0.15) is 0 Å². The molecule has 0 aliphatic rings. The van der Waals surface area contributed by atoms with Gasteiger partial charge in [-0.25, -0.2) is 13.8 Å². The van der Waals surface area contributed by atoms with Gasteiger partial charge >= 0.3 is 0 Å². The molecule has 0 unspecified atom stereocenters. The Morgan fingerprint density at radius 1 is 1.11 bits per heavy atom. The van der Waals surface area contributed by atoms with E-state index >= 15 is 0 Å². The van der Waals surface area contributed by atoms with E-state index in [1.165, 1.54) is 11.3 Å².